The first-order valence-corrected chi connectivity index (χ1v) is 9.21. The smallest absolute Gasteiger partial charge is 0.337 e. The standard InChI is InChI=1S/C24H20N2O4/c1-26(25-29)22-14-13-19(24(28)30-2)16-21(22)23(27)20(18-11-7-4-8-12-18)15-17-9-5-3-6-10-17/h3-16H,1-2H3/b20-15+. The molecule has 0 amide bonds. The van der Waals surface area contributed by atoms with Crippen molar-refractivity contribution in [1.82, 2.24) is 0 Å². The van der Waals surface area contributed by atoms with Gasteiger partial charge in [-0.25, -0.2) is 9.80 Å². The predicted octanol–water partition coefficient (Wildman–Crippen LogP) is 5.01. The van der Waals surface area contributed by atoms with E-state index in [4.69, 9.17) is 4.74 Å². The number of carbonyl (C=O) groups excluding carboxylic acids is 2. The summed E-state index contributed by atoms with van der Waals surface area (Å²) >= 11 is 0. The van der Waals surface area contributed by atoms with Gasteiger partial charge in [-0.15, -0.1) is 4.91 Å². The molecule has 0 aliphatic heterocycles. The van der Waals surface area contributed by atoms with E-state index in [1.165, 1.54) is 32.4 Å². The van der Waals surface area contributed by atoms with E-state index in [0.717, 1.165) is 10.6 Å². The summed E-state index contributed by atoms with van der Waals surface area (Å²) < 4.78 is 4.77. The van der Waals surface area contributed by atoms with Crippen LogP contribution in [-0.4, -0.2) is 25.9 Å². The summed E-state index contributed by atoms with van der Waals surface area (Å²) in [6, 6.07) is 23.1. The molecule has 0 aromatic heterocycles. The molecule has 0 radical (unpaired) electrons. The fourth-order valence-electron chi connectivity index (χ4n) is 3.05. The monoisotopic (exact) mass is 400 g/mol. The highest BCUT2D eigenvalue weighted by atomic mass is 16.5. The van der Waals surface area contributed by atoms with E-state index in [-0.39, 0.29) is 22.6 Å². The number of anilines is 1. The number of benzene rings is 3. The Bertz CT molecular complexity index is 1090. The lowest BCUT2D eigenvalue weighted by Crippen LogP contribution is -2.15. The van der Waals surface area contributed by atoms with E-state index in [9.17, 15) is 14.5 Å². The van der Waals surface area contributed by atoms with Crippen molar-refractivity contribution in [2.75, 3.05) is 19.2 Å². The minimum absolute atomic E-state index is 0.172. The van der Waals surface area contributed by atoms with Gasteiger partial charge in [0, 0.05) is 18.2 Å². The van der Waals surface area contributed by atoms with Crippen molar-refractivity contribution < 1.29 is 14.3 Å². The second-order valence-electron chi connectivity index (χ2n) is 6.49. The predicted molar refractivity (Wildman–Crippen MR) is 117 cm³/mol. The van der Waals surface area contributed by atoms with Gasteiger partial charge in [0.15, 0.2) is 5.78 Å². The van der Waals surface area contributed by atoms with Crippen molar-refractivity contribution in [3.63, 3.8) is 0 Å². The number of rotatable bonds is 7. The molecule has 0 spiro atoms. The first-order valence-electron chi connectivity index (χ1n) is 9.21. The van der Waals surface area contributed by atoms with Crippen molar-refractivity contribution in [2.45, 2.75) is 0 Å². The fraction of sp³-hybridized carbons (Fsp3) is 0.0833. The SMILES string of the molecule is COC(=O)c1ccc(N(C)N=O)c(C(=O)/C(=C/c2ccccc2)c2ccccc2)c1. The Labute approximate surface area is 174 Å². The number of hydrogen-bond acceptors (Lipinski definition) is 5. The summed E-state index contributed by atoms with van der Waals surface area (Å²) in [4.78, 5) is 36.8. The maximum atomic E-state index is 13.7. The van der Waals surface area contributed by atoms with Gasteiger partial charge in [0.1, 0.15) is 0 Å². The normalized spacial score (nSPS) is 10.9. The third kappa shape index (κ3) is 4.50. The van der Waals surface area contributed by atoms with Crippen molar-refractivity contribution in [2.24, 2.45) is 5.29 Å². The van der Waals surface area contributed by atoms with Crippen LogP contribution in [0.4, 0.5) is 5.69 Å². The van der Waals surface area contributed by atoms with Gasteiger partial charge in [-0.05, 0) is 35.4 Å². The lowest BCUT2D eigenvalue weighted by molar-refractivity contribution is 0.0600. The van der Waals surface area contributed by atoms with Crippen LogP contribution >= 0.6 is 0 Å². The van der Waals surface area contributed by atoms with Crippen molar-refractivity contribution in [3.05, 3.63) is 106 Å². The maximum Gasteiger partial charge on any atom is 0.337 e. The summed E-state index contributed by atoms with van der Waals surface area (Å²) in [5.74, 6) is -0.924. The van der Waals surface area contributed by atoms with Crippen LogP contribution in [0.5, 0.6) is 0 Å². The topological polar surface area (TPSA) is 76.0 Å². The average Bonchev–Trinajstić information content (AvgIpc) is 2.82. The minimum Gasteiger partial charge on any atom is -0.465 e. The van der Waals surface area contributed by atoms with Crippen LogP contribution in [0.2, 0.25) is 0 Å². The first-order chi connectivity index (χ1) is 14.5. The van der Waals surface area contributed by atoms with E-state index in [1.54, 1.807) is 6.08 Å². The molecule has 0 saturated heterocycles. The molecule has 6 nitrogen and oxygen atoms in total. The second kappa shape index (κ2) is 9.43. The number of ketones is 1. The highest BCUT2D eigenvalue weighted by molar-refractivity contribution is 6.34. The third-order valence-electron chi connectivity index (χ3n) is 4.57. The molecule has 0 unspecified atom stereocenters. The third-order valence-corrected chi connectivity index (χ3v) is 4.57. The van der Waals surface area contributed by atoms with Gasteiger partial charge < -0.3 is 4.74 Å². The van der Waals surface area contributed by atoms with Gasteiger partial charge in [0.2, 0.25) is 0 Å². The Hall–Kier alpha value is -4.06. The number of nitrogens with zero attached hydrogens (tertiary/aromatic N) is 2. The molecule has 0 bridgehead atoms. The quantitative estimate of drug-likeness (QED) is 0.139. The Balaban J connectivity index is 2.20. The van der Waals surface area contributed by atoms with Gasteiger partial charge in [-0.2, -0.15) is 0 Å². The lowest BCUT2D eigenvalue weighted by atomic mass is 9.93. The number of allylic oxidation sites excluding steroid dienone is 1. The fourth-order valence-corrected chi connectivity index (χ4v) is 3.05. The molecule has 0 fully saturated rings. The summed E-state index contributed by atoms with van der Waals surface area (Å²) in [6.45, 7) is 0. The number of carbonyl (C=O) groups is 2. The van der Waals surface area contributed by atoms with E-state index < -0.39 is 5.97 Å². The molecule has 3 aromatic rings. The van der Waals surface area contributed by atoms with Gasteiger partial charge in [-0.1, -0.05) is 60.7 Å². The van der Waals surface area contributed by atoms with Crippen LogP contribution in [0.25, 0.3) is 11.6 Å². The number of ether oxygens (including phenoxy) is 1. The summed E-state index contributed by atoms with van der Waals surface area (Å²) in [7, 11) is 2.71. The zero-order valence-electron chi connectivity index (χ0n) is 16.6. The van der Waals surface area contributed by atoms with Crippen LogP contribution in [0.1, 0.15) is 31.8 Å². The number of hydrogen-bond donors (Lipinski definition) is 0. The molecule has 0 aliphatic carbocycles. The van der Waals surface area contributed by atoms with Crippen LogP contribution in [0.3, 0.4) is 0 Å². The van der Waals surface area contributed by atoms with Crippen molar-refractivity contribution in [3.8, 4) is 0 Å². The van der Waals surface area contributed by atoms with E-state index in [0.29, 0.717) is 11.1 Å². The maximum absolute atomic E-state index is 13.7. The van der Waals surface area contributed by atoms with Gasteiger partial charge >= 0.3 is 5.97 Å². The molecule has 3 aromatic carbocycles. The van der Waals surface area contributed by atoms with Crippen LogP contribution in [0, 0.1) is 4.91 Å². The average molecular weight is 400 g/mol. The molecular formula is C24H20N2O4. The number of nitroso groups, excluding NO2 is 1. The van der Waals surface area contributed by atoms with E-state index >= 15 is 0 Å². The number of Topliss-reactive ketones (excluding diaryl/α,β-unsaturated/α-hetero) is 1. The molecule has 0 aliphatic rings. The van der Waals surface area contributed by atoms with Crippen molar-refractivity contribution >= 4 is 29.1 Å². The largest absolute Gasteiger partial charge is 0.465 e. The molecule has 30 heavy (non-hydrogen) atoms. The highest BCUT2D eigenvalue weighted by Gasteiger charge is 2.22. The molecule has 6 heteroatoms. The molecule has 0 heterocycles. The van der Waals surface area contributed by atoms with Crippen LogP contribution in [0.15, 0.2) is 84.1 Å². The minimum atomic E-state index is -0.578. The Morgan fingerprint density at radius 1 is 0.900 bits per heavy atom. The highest BCUT2D eigenvalue weighted by Crippen LogP contribution is 2.29. The molecule has 3 rings (SSSR count). The summed E-state index contributed by atoms with van der Waals surface area (Å²) in [5.41, 5.74) is 2.64. The van der Waals surface area contributed by atoms with Gasteiger partial charge in [0.25, 0.3) is 0 Å². The molecular weight excluding hydrogens is 380 g/mol. The van der Waals surface area contributed by atoms with E-state index in [1.807, 2.05) is 60.7 Å². The Kier molecular flexibility index (Phi) is 6.49. The number of esters is 1. The van der Waals surface area contributed by atoms with E-state index in [2.05, 4.69) is 5.29 Å². The zero-order chi connectivity index (χ0) is 21.5. The van der Waals surface area contributed by atoms with Crippen LogP contribution in [-0.2, 0) is 4.74 Å². The van der Waals surface area contributed by atoms with Crippen molar-refractivity contribution in [1.29, 1.82) is 0 Å². The summed E-state index contributed by atoms with van der Waals surface area (Å²) in [5, 5.41) is 3.96. The second-order valence-corrected chi connectivity index (χ2v) is 6.49. The molecule has 0 atom stereocenters. The molecule has 150 valence electrons. The summed E-state index contributed by atoms with van der Waals surface area (Å²) in [6.07, 6.45) is 1.78. The molecule has 0 N–H and O–H groups in total. The van der Waals surface area contributed by atoms with Gasteiger partial charge in [-0.3, -0.25) is 4.79 Å². The van der Waals surface area contributed by atoms with Gasteiger partial charge in [0.05, 0.1) is 23.6 Å². The first kappa shape index (κ1) is 20.7. The number of methoxy groups -OCH3 is 1. The Morgan fingerprint density at radius 3 is 2.13 bits per heavy atom. The Morgan fingerprint density at radius 2 is 1.53 bits per heavy atom. The zero-order valence-corrected chi connectivity index (χ0v) is 16.6. The van der Waals surface area contributed by atoms with Crippen LogP contribution < -0.4 is 5.01 Å². The molecule has 0 saturated carbocycles. The lowest BCUT2D eigenvalue weighted by Gasteiger charge is -2.16.